The van der Waals surface area contributed by atoms with Crippen LogP contribution in [0.4, 0.5) is 0 Å². The first-order chi connectivity index (χ1) is 14.7. The molecule has 0 radical (unpaired) electrons. The molecule has 1 saturated heterocycles. The van der Waals surface area contributed by atoms with Crippen LogP contribution >= 0.6 is 0 Å². The fraction of sp³-hybridized carbons (Fsp3) is 0.400. The number of fused-ring (bicyclic) bond motifs is 1. The van der Waals surface area contributed by atoms with E-state index in [9.17, 15) is 4.79 Å². The van der Waals surface area contributed by atoms with Gasteiger partial charge in [-0.2, -0.15) is 5.10 Å². The Morgan fingerprint density at radius 1 is 1.03 bits per heavy atom. The minimum absolute atomic E-state index is 0.0926. The first-order valence-corrected chi connectivity index (χ1v) is 11.1. The van der Waals surface area contributed by atoms with E-state index in [0.717, 1.165) is 67.8 Å². The lowest BCUT2D eigenvalue weighted by atomic mass is 9.90. The molecular formula is C25H28N4O. The maximum Gasteiger partial charge on any atom is 0.274 e. The summed E-state index contributed by atoms with van der Waals surface area (Å²) in [4.78, 5) is 19.9. The predicted molar refractivity (Wildman–Crippen MR) is 118 cm³/mol. The van der Waals surface area contributed by atoms with Crippen LogP contribution in [0.2, 0.25) is 0 Å². The summed E-state index contributed by atoms with van der Waals surface area (Å²) in [5.74, 6) is 0.486. The molecule has 0 unspecified atom stereocenters. The molecule has 154 valence electrons. The van der Waals surface area contributed by atoms with Crippen LogP contribution in [0.3, 0.4) is 0 Å². The van der Waals surface area contributed by atoms with Crippen LogP contribution in [-0.4, -0.2) is 39.1 Å². The lowest BCUT2D eigenvalue weighted by molar-refractivity contribution is 0.0704. The molecule has 1 fully saturated rings. The fourth-order valence-electron chi connectivity index (χ4n) is 4.89. The van der Waals surface area contributed by atoms with Crippen molar-refractivity contribution in [1.29, 1.82) is 0 Å². The van der Waals surface area contributed by atoms with Crippen LogP contribution in [0.15, 0.2) is 42.5 Å². The topological polar surface area (TPSA) is 61.9 Å². The highest BCUT2D eigenvalue weighted by atomic mass is 16.2. The number of aryl methyl sites for hydroxylation is 2. The Labute approximate surface area is 177 Å². The van der Waals surface area contributed by atoms with Crippen molar-refractivity contribution in [2.45, 2.75) is 51.4 Å². The number of aromatic amines is 1. The van der Waals surface area contributed by atoms with Crippen molar-refractivity contribution in [3.05, 3.63) is 70.8 Å². The summed E-state index contributed by atoms with van der Waals surface area (Å²) in [5.41, 5.74) is 7.62. The van der Waals surface area contributed by atoms with Gasteiger partial charge in [0.25, 0.3) is 5.91 Å². The average Bonchev–Trinajstić information content (AvgIpc) is 3.23. The second-order valence-corrected chi connectivity index (χ2v) is 8.59. The van der Waals surface area contributed by atoms with Gasteiger partial charge in [-0.3, -0.25) is 14.9 Å². The van der Waals surface area contributed by atoms with E-state index in [1.807, 2.05) is 11.0 Å². The van der Waals surface area contributed by atoms with Gasteiger partial charge in [-0.25, -0.2) is 0 Å². The Balaban J connectivity index is 1.30. The fourth-order valence-corrected chi connectivity index (χ4v) is 4.89. The van der Waals surface area contributed by atoms with Crippen molar-refractivity contribution >= 4 is 5.91 Å². The first kappa shape index (κ1) is 19.0. The number of aromatic nitrogens is 3. The normalized spacial score (nSPS) is 17.0. The van der Waals surface area contributed by atoms with E-state index in [0.29, 0.717) is 11.6 Å². The molecule has 2 aromatic heterocycles. The van der Waals surface area contributed by atoms with Gasteiger partial charge >= 0.3 is 0 Å². The van der Waals surface area contributed by atoms with Crippen LogP contribution in [-0.2, 0) is 12.8 Å². The van der Waals surface area contributed by atoms with Crippen molar-refractivity contribution in [3.63, 3.8) is 0 Å². The summed E-state index contributed by atoms with van der Waals surface area (Å²) in [6, 6.07) is 14.9. The third-order valence-corrected chi connectivity index (χ3v) is 6.54. The van der Waals surface area contributed by atoms with Crippen molar-refractivity contribution in [1.82, 2.24) is 20.1 Å². The summed E-state index contributed by atoms with van der Waals surface area (Å²) < 4.78 is 0. The maximum atomic E-state index is 13.1. The molecule has 1 N–H and O–H groups in total. The lowest BCUT2D eigenvalue weighted by Gasteiger charge is -2.32. The van der Waals surface area contributed by atoms with Gasteiger partial charge in [0.05, 0.1) is 0 Å². The highest BCUT2D eigenvalue weighted by molar-refractivity contribution is 5.94. The Hall–Kier alpha value is -2.95. The lowest BCUT2D eigenvalue weighted by Crippen LogP contribution is -2.38. The van der Waals surface area contributed by atoms with Crippen molar-refractivity contribution in [3.8, 4) is 11.1 Å². The van der Waals surface area contributed by atoms with Gasteiger partial charge < -0.3 is 4.90 Å². The molecule has 0 bridgehead atoms. The Bertz CT molecular complexity index is 1050. The molecular weight excluding hydrogens is 372 g/mol. The van der Waals surface area contributed by atoms with Gasteiger partial charge in [-0.1, -0.05) is 30.3 Å². The SMILES string of the molecule is Cc1cc(-c2ccccc2)cc(C2CCN(C(=O)c3n[nH]c4c3CCCC4)CC2)n1. The van der Waals surface area contributed by atoms with E-state index in [1.165, 1.54) is 17.5 Å². The van der Waals surface area contributed by atoms with Crippen LogP contribution in [0.25, 0.3) is 11.1 Å². The number of nitrogens with one attached hydrogen (secondary N) is 1. The molecule has 2 aliphatic rings. The number of likely N-dealkylation sites (tertiary alicyclic amines) is 1. The molecule has 5 rings (SSSR count). The summed E-state index contributed by atoms with van der Waals surface area (Å²) >= 11 is 0. The number of benzene rings is 1. The van der Waals surface area contributed by atoms with E-state index in [4.69, 9.17) is 4.98 Å². The van der Waals surface area contributed by atoms with Gasteiger partial charge in [-0.05, 0) is 68.7 Å². The molecule has 30 heavy (non-hydrogen) atoms. The quantitative estimate of drug-likeness (QED) is 0.694. The number of piperidine rings is 1. The summed E-state index contributed by atoms with van der Waals surface area (Å²) in [7, 11) is 0. The number of H-pyrrole nitrogens is 1. The second kappa shape index (κ2) is 8.05. The number of hydrogen-bond donors (Lipinski definition) is 1. The number of nitrogens with zero attached hydrogens (tertiary/aromatic N) is 3. The van der Waals surface area contributed by atoms with E-state index < -0.39 is 0 Å². The Morgan fingerprint density at radius 2 is 1.80 bits per heavy atom. The predicted octanol–water partition coefficient (Wildman–Crippen LogP) is 4.68. The minimum Gasteiger partial charge on any atom is -0.337 e. The van der Waals surface area contributed by atoms with E-state index in [-0.39, 0.29) is 5.91 Å². The zero-order valence-corrected chi connectivity index (χ0v) is 17.5. The zero-order chi connectivity index (χ0) is 20.5. The summed E-state index contributed by atoms with van der Waals surface area (Å²) in [6.07, 6.45) is 6.21. The molecule has 0 saturated carbocycles. The number of carbonyl (C=O) groups is 1. The molecule has 1 amide bonds. The minimum atomic E-state index is 0.0926. The number of pyridine rings is 1. The van der Waals surface area contributed by atoms with Gasteiger partial charge in [0, 0.05) is 41.7 Å². The third kappa shape index (κ3) is 3.64. The number of hydrogen-bond acceptors (Lipinski definition) is 3. The van der Waals surface area contributed by atoms with E-state index >= 15 is 0 Å². The number of amides is 1. The Morgan fingerprint density at radius 3 is 2.60 bits per heavy atom. The molecule has 5 nitrogen and oxygen atoms in total. The highest BCUT2D eigenvalue weighted by Gasteiger charge is 2.29. The molecule has 1 aliphatic carbocycles. The smallest absolute Gasteiger partial charge is 0.274 e. The largest absolute Gasteiger partial charge is 0.337 e. The standard InChI is InChI=1S/C25H28N4O/c1-17-15-20(18-7-3-2-4-8-18)16-23(26-17)19-11-13-29(14-12-19)25(30)24-21-9-5-6-10-22(21)27-28-24/h2-4,7-8,15-16,19H,5-6,9-14H2,1H3,(H,27,28). The average molecular weight is 401 g/mol. The third-order valence-electron chi connectivity index (χ3n) is 6.54. The second-order valence-electron chi connectivity index (χ2n) is 8.59. The van der Waals surface area contributed by atoms with Crippen LogP contribution in [0.1, 0.15) is 64.7 Å². The molecule has 3 heterocycles. The van der Waals surface area contributed by atoms with Gasteiger partial charge in [0.2, 0.25) is 0 Å². The van der Waals surface area contributed by atoms with Crippen molar-refractivity contribution < 1.29 is 4.79 Å². The molecule has 1 aliphatic heterocycles. The molecule has 0 atom stereocenters. The van der Waals surface area contributed by atoms with E-state index in [2.05, 4.69) is 53.5 Å². The number of rotatable bonds is 3. The summed E-state index contributed by atoms with van der Waals surface area (Å²) in [5, 5.41) is 7.48. The van der Waals surface area contributed by atoms with Gasteiger partial charge in [-0.15, -0.1) is 0 Å². The van der Waals surface area contributed by atoms with Crippen molar-refractivity contribution in [2.75, 3.05) is 13.1 Å². The molecule has 3 aromatic rings. The van der Waals surface area contributed by atoms with E-state index in [1.54, 1.807) is 0 Å². The van der Waals surface area contributed by atoms with Crippen molar-refractivity contribution in [2.24, 2.45) is 0 Å². The number of carbonyl (C=O) groups excluding carboxylic acids is 1. The Kier molecular flexibility index (Phi) is 5.11. The first-order valence-electron chi connectivity index (χ1n) is 11.1. The summed E-state index contributed by atoms with van der Waals surface area (Å²) in [6.45, 7) is 3.60. The molecule has 0 spiro atoms. The van der Waals surface area contributed by atoms with Crippen LogP contribution < -0.4 is 0 Å². The van der Waals surface area contributed by atoms with Gasteiger partial charge in [0.15, 0.2) is 5.69 Å². The molecule has 1 aromatic carbocycles. The maximum absolute atomic E-state index is 13.1. The zero-order valence-electron chi connectivity index (χ0n) is 17.5. The van der Waals surface area contributed by atoms with Crippen LogP contribution in [0, 0.1) is 6.92 Å². The highest BCUT2D eigenvalue weighted by Crippen LogP contribution is 2.31. The monoisotopic (exact) mass is 400 g/mol. The van der Waals surface area contributed by atoms with Gasteiger partial charge in [0.1, 0.15) is 0 Å². The molecule has 5 heteroatoms. The van der Waals surface area contributed by atoms with Crippen LogP contribution in [0.5, 0.6) is 0 Å².